The highest BCUT2D eigenvalue weighted by molar-refractivity contribution is 5.75. The summed E-state index contributed by atoms with van der Waals surface area (Å²) in [5, 5.41) is 4.91. The third-order valence-electron chi connectivity index (χ3n) is 4.41. The van der Waals surface area contributed by atoms with Gasteiger partial charge in [0.2, 0.25) is 5.78 Å². The molecule has 28 heavy (non-hydrogen) atoms. The minimum Gasteiger partial charge on any atom is -0.423 e. The van der Waals surface area contributed by atoms with Crippen LogP contribution in [0.2, 0.25) is 0 Å². The van der Waals surface area contributed by atoms with E-state index < -0.39 is 0 Å². The number of fused-ring (bicyclic) bond motifs is 3. The van der Waals surface area contributed by atoms with Gasteiger partial charge < -0.3 is 4.74 Å². The van der Waals surface area contributed by atoms with Crippen molar-refractivity contribution in [2.24, 2.45) is 0 Å². The molecule has 2 aromatic carbocycles. The van der Waals surface area contributed by atoms with E-state index in [1.807, 2.05) is 60.7 Å². The Balaban J connectivity index is 1.72. The topological polar surface area (TPSA) is 74.3 Å². The van der Waals surface area contributed by atoms with Crippen molar-refractivity contribution in [3.05, 3.63) is 94.9 Å². The summed E-state index contributed by atoms with van der Waals surface area (Å²) in [6.45, 7) is 0.372. The maximum Gasteiger partial charge on any atom is 0.343 e. The van der Waals surface area contributed by atoms with Gasteiger partial charge in [0.05, 0.1) is 11.9 Å². The molecule has 0 atom stereocenters. The summed E-state index contributed by atoms with van der Waals surface area (Å²) in [6.07, 6.45) is 1.63. The number of pyridine rings is 1. The molecule has 3 heterocycles. The minimum atomic E-state index is -0.168. The fourth-order valence-electron chi connectivity index (χ4n) is 3.12. The summed E-state index contributed by atoms with van der Waals surface area (Å²) in [7, 11) is 0. The molecule has 5 rings (SSSR count). The first-order valence-electron chi connectivity index (χ1n) is 8.81. The molecule has 0 radical (unpaired) electrons. The van der Waals surface area contributed by atoms with Crippen LogP contribution in [0.15, 0.2) is 83.8 Å². The number of para-hydroxylation sites is 1. The molecule has 0 fully saturated rings. The van der Waals surface area contributed by atoms with Gasteiger partial charge in [0.15, 0.2) is 5.65 Å². The van der Waals surface area contributed by atoms with Crippen LogP contribution >= 0.6 is 0 Å². The first kappa shape index (κ1) is 16.2. The largest absolute Gasteiger partial charge is 0.423 e. The van der Waals surface area contributed by atoms with Gasteiger partial charge in [0.25, 0.3) is 5.56 Å². The minimum absolute atomic E-state index is 0.158. The Morgan fingerprint density at radius 1 is 0.893 bits per heavy atom. The lowest BCUT2D eigenvalue weighted by molar-refractivity contribution is 0.443. The summed E-state index contributed by atoms with van der Waals surface area (Å²) < 4.78 is 8.91. The maximum absolute atomic E-state index is 13.1. The van der Waals surface area contributed by atoms with Gasteiger partial charge in [-0.05, 0) is 29.8 Å². The van der Waals surface area contributed by atoms with E-state index in [1.54, 1.807) is 27.4 Å². The van der Waals surface area contributed by atoms with Gasteiger partial charge in [-0.15, -0.1) is 5.10 Å². The van der Waals surface area contributed by atoms with Gasteiger partial charge in [0.1, 0.15) is 5.75 Å². The van der Waals surface area contributed by atoms with E-state index in [9.17, 15) is 4.79 Å². The fraction of sp³-hybridized carbons (Fsp3) is 0.0476. The van der Waals surface area contributed by atoms with Crippen LogP contribution < -0.4 is 10.3 Å². The van der Waals surface area contributed by atoms with E-state index in [0.29, 0.717) is 29.1 Å². The van der Waals surface area contributed by atoms with Crippen LogP contribution in [0, 0.1) is 0 Å². The summed E-state index contributed by atoms with van der Waals surface area (Å²) in [5.41, 5.74) is 1.27. The van der Waals surface area contributed by atoms with Crippen molar-refractivity contribution in [1.29, 1.82) is 0 Å². The average molecular weight is 369 g/mol. The van der Waals surface area contributed by atoms with E-state index in [1.165, 1.54) is 0 Å². The summed E-state index contributed by atoms with van der Waals surface area (Å²) in [4.78, 5) is 21.9. The fourth-order valence-corrected chi connectivity index (χ4v) is 3.12. The molecule has 0 aliphatic carbocycles. The molecule has 136 valence electrons. The third-order valence-corrected chi connectivity index (χ3v) is 4.41. The van der Waals surface area contributed by atoms with Crippen molar-refractivity contribution in [2.45, 2.75) is 6.54 Å². The SMILES string of the molecule is O=c1c2cccnc2n2nc(Oc3ccccc3)nc2n1Cc1ccccc1. The number of hydrogen-bond donors (Lipinski definition) is 0. The molecule has 0 unspecified atom stereocenters. The highest BCUT2D eigenvalue weighted by atomic mass is 16.5. The summed E-state index contributed by atoms with van der Waals surface area (Å²) in [6, 6.07) is 22.7. The van der Waals surface area contributed by atoms with Crippen molar-refractivity contribution < 1.29 is 4.74 Å². The molecule has 0 saturated carbocycles. The van der Waals surface area contributed by atoms with Gasteiger partial charge in [-0.3, -0.25) is 9.36 Å². The van der Waals surface area contributed by atoms with Gasteiger partial charge >= 0.3 is 6.01 Å². The zero-order valence-corrected chi connectivity index (χ0v) is 14.8. The van der Waals surface area contributed by atoms with E-state index >= 15 is 0 Å². The Kier molecular flexibility index (Phi) is 3.83. The van der Waals surface area contributed by atoms with Gasteiger partial charge in [-0.25, -0.2) is 4.98 Å². The van der Waals surface area contributed by atoms with Gasteiger partial charge in [-0.2, -0.15) is 9.50 Å². The predicted octanol–water partition coefficient (Wildman–Crippen LogP) is 3.28. The van der Waals surface area contributed by atoms with Crippen molar-refractivity contribution >= 4 is 16.8 Å². The quantitative estimate of drug-likeness (QED) is 0.486. The van der Waals surface area contributed by atoms with Crippen LogP contribution in [-0.4, -0.2) is 24.1 Å². The molecule has 0 spiro atoms. The highest BCUT2D eigenvalue weighted by Crippen LogP contribution is 2.19. The first-order valence-corrected chi connectivity index (χ1v) is 8.81. The predicted molar refractivity (Wildman–Crippen MR) is 105 cm³/mol. The molecule has 0 saturated heterocycles. The molecule has 0 bridgehead atoms. The Morgan fingerprint density at radius 3 is 2.43 bits per heavy atom. The Morgan fingerprint density at radius 2 is 1.64 bits per heavy atom. The van der Waals surface area contributed by atoms with Crippen molar-refractivity contribution in [3.8, 4) is 11.8 Å². The van der Waals surface area contributed by atoms with E-state index in [0.717, 1.165) is 5.56 Å². The Hall–Kier alpha value is -4.00. The molecule has 0 amide bonds. The highest BCUT2D eigenvalue weighted by Gasteiger charge is 2.17. The molecular formula is C21H15N5O2. The first-order chi connectivity index (χ1) is 13.8. The molecule has 0 aliphatic heterocycles. The standard InChI is InChI=1S/C21H15N5O2/c27-19-17-12-7-13-22-18(17)26-21(25(19)14-15-8-3-1-4-9-15)23-20(24-26)28-16-10-5-2-6-11-16/h1-13H,14H2. The van der Waals surface area contributed by atoms with Crippen LogP contribution in [-0.2, 0) is 6.54 Å². The number of benzene rings is 2. The summed E-state index contributed by atoms with van der Waals surface area (Å²) in [5.74, 6) is 0.999. The Bertz CT molecular complexity index is 1330. The zero-order valence-electron chi connectivity index (χ0n) is 14.8. The van der Waals surface area contributed by atoms with Crippen LogP contribution in [0.1, 0.15) is 5.56 Å². The van der Waals surface area contributed by atoms with Crippen molar-refractivity contribution in [1.82, 2.24) is 24.1 Å². The van der Waals surface area contributed by atoms with Crippen LogP contribution in [0.4, 0.5) is 0 Å². The monoisotopic (exact) mass is 369 g/mol. The second-order valence-corrected chi connectivity index (χ2v) is 6.27. The average Bonchev–Trinajstić information content (AvgIpc) is 3.16. The number of hydrogen-bond acceptors (Lipinski definition) is 5. The van der Waals surface area contributed by atoms with Crippen LogP contribution in [0.5, 0.6) is 11.8 Å². The second-order valence-electron chi connectivity index (χ2n) is 6.27. The molecule has 0 aliphatic rings. The normalized spacial score (nSPS) is 11.1. The molecular weight excluding hydrogens is 354 g/mol. The van der Waals surface area contributed by atoms with E-state index in [-0.39, 0.29) is 11.6 Å². The molecule has 0 N–H and O–H groups in total. The van der Waals surface area contributed by atoms with Crippen molar-refractivity contribution in [3.63, 3.8) is 0 Å². The molecule has 5 aromatic rings. The van der Waals surface area contributed by atoms with E-state index in [2.05, 4.69) is 15.1 Å². The Labute approximate surface area is 159 Å². The number of ether oxygens (including phenoxy) is 1. The van der Waals surface area contributed by atoms with Gasteiger partial charge in [0, 0.05) is 6.20 Å². The lowest BCUT2D eigenvalue weighted by Gasteiger charge is -2.09. The van der Waals surface area contributed by atoms with E-state index in [4.69, 9.17) is 4.74 Å². The second kappa shape index (κ2) is 6.62. The van der Waals surface area contributed by atoms with Crippen molar-refractivity contribution in [2.75, 3.05) is 0 Å². The number of aromatic nitrogens is 5. The smallest absolute Gasteiger partial charge is 0.343 e. The van der Waals surface area contributed by atoms with Crippen LogP contribution in [0.3, 0.4) is 0 Å². The molecule has 7 nitrogen and oxygen atoms in total. The van der Waals surface area contributed by atoms with Gasteiger partial charge in [-0.1, -0.05) is 48.5 Å². The zero-order chi connectivity index (χ0) is 18.9. The third kappa shape index (κ3) is 2.79. The summed E-state index contributed by atoms with van der Waals surface area (Å²) >= 11 is 0. The maximum atomic E-state index is 13.1. The molecule has 3 aromatic heterocycles. The van der Waals surface area contributed by atoms with Crippen LogP contribution in [0.25, 0.3) is 16.8 Å². The number of nitrogens with zero attached hydrogens (tertiary/aromatic N) is 5. The lowest BCUT2D eigenvalue weighted by atomic mass is 10.2. The lowest BCUT2D eigenvalue weighted by Crippen LogP contribution is -2.24. The molecule has 7 heteroatoms. The number of rotatable bonds is 4.